The molecule has 0 radical (unpaired) electrons. The average Bonchev–Trinajstić information content (AvgIpc) is 2.81. The fourth-order valence-electron chi connectivity index (χ4n) is 3.26. The predicted octanol–water partition coefficient (Wildman–Crippen LogP) is 0.623. The van der Waals surface area contributed by atoms with Crippen LogP contribution in [0.4, 0.5) is 19.0 Å². The van der Waals surface area contributed by atoms with Gasteiger partial charge in [0, 0.05) is 32.3 Å². The third-order valence-electron chi connectivity index (χ3n) is 4.65. The lowest BCUT2D eigenvalue weighted by Gasteiger charge is -2.35. The van der Waals surface area contributed by atoms with Gasteiger partial charge in [0.25, 0.3) is 5.91 Å². The quantitative estimate of drug-likeness (QED) is 0.822. The van der Waals surface area contributed by atoms with E-state index in [2.05, 4.69) is 9.97 Å². The Hall–Kier alpha value is -1.94. The number of anilines is 1. The number of likely N-dealkylation sites (tertiary alicyclic amines) is 1. The number of hydrogen-bond acceptors (Lipinski definition) is 6. The highest BCUT2D eigenvalue weighted by Crippen LogP contribution is 2.29. The van der Waals surface area contributed by atoms with Crippen molar-refractivity contribution in [1.29, 1.82) is 0 Å². The number of aliphatic hydroxyl groups excluding tert-OH is 2. The van der Waals surface area contributed by atoms with E-state index < -0.39 is 30.2 Å². The summed E-state index contributed by atoms with van der Waals surface area (Å²) in [6, 6.07) is 1.44. The Morgan fingerprint density at radius 1 is 1.24 bits per heavy atom. The highest BCUT2D eigenvalue weighted by atomic mass is 19.4. The fourth-order valence-corrected chi connectivity index (χ4v) is 3.26. The summed E-state index contributed by atoms with van der Waals surface area (Å²) in [5.41, 5.74) is 0. The highest BCUT2D eigenvalue weighted by Gasteiger charge is 2.39. The van der Waals surface area contributed by atoms with Crippen molar-refractivity contribution in [2.75, 3.05) is 24.5 Å². The Morgan fingerprint density at radius 2 is 1.92 bits per heavy atom. The van der Waals surface area contributed by atoms with Crippen molar-refractivity contribution < 1.29 is 28.2 Å². The van der Waals surface area contributed by atoms with E-state index in [-0.39, 0.29) is 18.2 Å². The van der Waals surface area contributed by atoms with Gasteiger partial charge in [-0.25, -0.2) is 9.97 Å². The van der Waals surface area contributed by atoms with Crippen molar-refractivity contribution in [2.24, 2.45) is 5.92 Å². The van der Waals surface area contributed by atoms with E-state index in [0.29, 0.717) is 32.5 Å². The van der Waals surface area contributed by atoms with Gasteiger partial charge in [-0.2, -0.15) is 13.2 Å². The summed E-state index contributed by atoms with van der Waals surface area (Å²) in [7, 11) is 0. The van der Waals surface area contributed by atoms with Crippen LogP contribution < -0.4 is 4.90 Å². The molecule has 3 heterocycles. The zero-order valence-electron chi connectivity index (χ0n) is 13.4. The number of hydrogen-bond donors (Lipinski definition) is 2. The first-order chi connectivity index (χ1) is 11.8. The maximum absolute atomic E-state index is 12.7. The largest absolute Gasteiger partial charge is 0.451 e. The second-order valence-corrected chi connectivity index (χ2v) is 6.39. The van der Waals surface area contributed by atoms with Gasteiger partial charge < -0.3 is 20.0 Å². The van der Waals surface area contributed by atoms with Crippen molar-refractivity contribution in [2.45, 2.75) is 37.8 Å². The molecule has 0 saturated carbocycles. The van der Waals surface area contributed by atoms with Gasteiger partial charge in [-0.15, -0.1) is 0 Å². The van der Waals surface area contributed by atoms with Crippen LogP contribution in [0.3, 0.4) is 0 Å². The second-order valence-electron chi connectivity index (χ2n) is 6.39. The molecule has 1 aromatic rings. The van der Waals surface area contributed by atoms with Crippen LogP contribution >= 0.6 is 0 Å². The van der Waals surface area contributed by atoms with Crippen molar-refractivity contribution in [3.8, 4) is 0 Å². The van der Waals surface area contributed by atoms with E-state index in [9.17, 15) is 28.2 Å². The third-order valence-corrected chi connectivity index (χ3v) is 4.65. The lowest BCUT2D eigenvalue weighted by atomic mass is 9.96. The summed E-state index contributed by atoms with van der Waals surface area (Å²) in [5.74, 6) is -1.29. The van der Waals surface area contributed by atoms with Crippen molar-refractivity contribution in [3.63, 3.8) is 0 Å². The summed E-state index contributed by atoms with van der Waals surface area (Å²) >= 11 is 0. The zero-order chi connectivity index (χ0) is 18.2. The van der Waals surface area contributed by atoms with E-state index in [1.54, 1.807) is 4.90 Å². The molecule has 2 aliphatic rings. The van der Waals surface area contributed by atoms with Crippen LogP contribution in [0.25, 0.3) is 0 Å². The fraction of sp³-hybridized carbons (Fsp3) is 0.667. The molecule has 3 rings (SSSR count). The number of aliphatic hydroxyl groups is 2. The van der Waals surface area contributed by atoms with E-state index in [1.165, 1.54) is 11.0 Å². The number of rotatable bonds is 3. The third kappa shape index (κ3) is 3.84. The smallest absolute Gasteiger partial charge is 0.383 e. The molecule has 138 valence electrons. The lowest BCUT2D eigenvalue weighted by Crippen LogP contribution is -2.42. The molecule has 0 bridgehead atoms. The molecule has 2 atom stereocenters. The number of alkyl halides is 3. The molecule has 2 fully saturated rings. The van der Waals surface area contributed by atoms with Crippen molar-refractivity contribution in [1.82, 2.24) is 14.9 Å². The van der Waals surface area contributed by atoms with Gasteiger partial charge in [-0.3, -0.25) is 4.79 Å². The standard InChI is InChI=1S/C15H19F3N4O3/c16-15(17,18)14-19-4-1-11(20-14)21-5-2-9(3-6-21)8-22-12(24)7-10(23)13(22)25/h1,4,9-10,12,23-24H,2-3,5-8H2. The summed E-state index contributed by atoms with van der Waals surface area (Å²) in [6.07, 6.45) is -4.30. The predicted molar refractivity (Wildman–Crippen MR) is 80.3 cm³/mol. The van der Waals surface area contributed by atoms with Crippen LogP contribution in [0.1, 0.15) is 25.1 Å². The highest BCUT2D eigenvalue weighted by molar-refractivity contribution is 5.83. The molecule has 10 heteroatoms. The molecule has 1 aromatic heterocycles. The van der Waals surface area contributed by atoms with Gasteiger partial charge in [-0.05, 0) is 24.8 Å². The number of halogens is 3. The Kier molecular flexibility index (Phi) is 4.83. The molecule has 1 amide bonds. The Labute approximate surface area is 142 Å². The summed E-state index contributed by atoms with van der Waals surface area (Å²) in [4.78, 5) is 21.7. The first-order valence-corrected chi connectivity index (χ1v) is 8.07. The van der Waals surface area contributed by atoms with Gasteiger partial charge >= 0.3 is 6.18 Å². The van der Waals surface area contributed by atoms with E-state index in [0.717, 1.165) is 6.20 Å². The summed E-state index contributed by atoms with van der Waals surface area (Å²) in [6.45, 7) is 1.34. The Bertz CT molecular complexity index is 635. The van der Waals surface area contributed by atoms with Crippen LogP contribution in [0.15, 0.2) is 12.3 Å². The van der Waals surface area contributed by atoms with Crippen LogP contribution in [-0.2, 0) is 11.0 Å². The zero-order valence-corrected chi connectivity index (χ0v) is 13.4. The molecule has 2 saturated heterocycles. The van der Waals surface area contributed by atoms with Crippen molar-refractivity contribution >= 4 is 11.7 Å². The normalized spacial score (nSPS) is 25.7. The Balaban J connectivity index is 1.58. The van der Waals surface area contributed by atoms with Gasteiger partial charge in [-0.1, -0.05) is 0 Å². The maximum Gasteiger partial charge on any atom is 0.451 e. The molecule has 25 heavy (non-hydrogen) atoms. The summed E-state index contributed by atoms with van der Waals surface area (Å²) in [5, 5.41) is 19.3. The van der Waals surface area contributed by atoms with Crippen LogP contribution in [-0.4, -0.2) is 63.0 Å². The molecule has 0 spiro atoms. The number of piperidine rings is 1. The molecule has 0 aliphatic carbocycles. The topological polar surface area (TPSA) is 89.8 Å². The van der Waals surface area contributed by atoms with Crippen LogP contribution in [0.2, 0.25) is 0 Å². The monoisotopic (exact) mass is 360 g/mol. The number of carbonyl (C=O) groups excluding carboxylic acids is 1. The average molecular weight is 360 g/mol. The van der Waals surface area contributed by atoms with Gasteiger partial charge in [0.05, 0.1) is 0 Å². The first kappa shape index (κ1) is 17.9. The molecule has 2 aliphatic heterocycles. The van der Waals surface area contributed by atoms with E-state index >= 15 is 0 Å². The number of carbonyl (C=O) groups is 1. The molecular formula is C15H19F3N4O3. The lowest BCUT2D eigenvalue weighted by molar-refractivity contribution is -0.145. The Morgan fingerprint density at radius 3 is 2.48 bits per heavy atom. The van der Waals surface area contributed by atoms with Gasteiger partial charge in [0.15, 0.2) is 0 Å². The minimum Gasteiger partial charge on any atom is -0.383 e. The second kappa shape index (κ2) is 6.75. The summed E-state index contributed by atoms with van der Waals surface area (Å²) < 4.78 is 38.1. The van der Waals surface area contributed by atoms with Gasteiger partial charge in [0.2, 0.25) is 5.82 Å². The van der Waals surface area contributed by atoms with Crippen molar-refractivity contribution in [3.05, 3.63) is 18.1 Å². The van der Waals surface area contributed by atoms with E-state index in [4.69, 9.17) is 0 Å². The van der Waals surface area contributed by atoms with Crippen LogP contribution in [0.5, 0.6) is 0 Å². The minimum absolute atomic E-state index is 0.0127. The number of amides is 1. The van der Waals surface area contributed by atoms with E-state index in [1.807, 2.05) is 0 Å². The molecule has 2 unspecified atom stereocenters. The molecule has 0 aromatic carbocycles. The molecule has 7 nitrogen and oxygen atoms in total. The number of nitrogens with zero attached hydrogens (tertiary/aromatic N) is 4. The van der Waals surface area contributed by atoms with Crippen LogP contribution in [0, 0.1) is 5.92 Å². The first-order valence-electron chi connectivity index (χ1n) is 8.07. The SMILES string of the molecule is O=C1C(O)CC(O)N1CC1CCN(c2ccnc(C(F)(F)F)n2)CC1. The molecule has 2 N–H and O–H groups in total. The minimum atomic E-state index is -4.58. The number of aromatic nitrogens is 2. The maximum atomic E-state index is 12.7. The van der Waals surface area contributed by atoms with Gasteiger partial charge in [0.1, 0.15) is 18.1 Å². The molecular weight excluding hydrogens is 341 g/mol.